The molecule has 0 aromatic carbocycles. The molecule has 17 heavy (non-hydrogen) atoms. The van der Waals surface area contributed by atoms with Crippen molar-refractivity contribution in [3.8, 4) is 0 Å². The second-order valence-corrected chi connectivity index (χ2v) is 4.84. The van der Waals surface area contributed by atoms with E-state index in [0.29, 0.717) is 18.7 Å². The van der Waals surface area contributed by atoms with Crippen LogP contribution in [-0.2, 0) is 9.53 Å². The van der Waals surface area contributed by atoms with Gasteiger partial charge in [-0.1, -0.05) is 0 Å². The van der Waals surface area contributed by atoms with Crippen molar-refractivity contribution in [3.63, 3.8) is 0 Å². The van der Waals surface area contributed by atoms with E-state index in [-0.39, 0.29) is 23.6 Å². The quantitative estimate of drug-likeness (QED) is 0.632. The van der Waals surface area contributed by atoms with Gasteiger partial charge in [-0.2, -0.15) is 0 Å². The van der Waals surface area contributed by atoms with Crippen LogP contribution in [0.25, 0.3) is 0 Å². The second kappa shape index (κ2) is 4.96. The molecule has 2 atom stereocenters. The zero-order chi connectivity index (χ0) is 12.4. The summed E-state index contributed by atoms with van der Waals surface area (Å²) in [5.41, 5.74) is 0.407. The van der Waals surface area contributed by atoms with Crippen molar-refractivity contribution in [1.82, 2.24) is 4.98 Å². The van der Waals surface area contributed by atoms with Gasteiger partial charge in [0.15, 0.2) is 5.78 Å². The molecule has 1 aliphatic rings. The van der Waals surface area contributed by atoms with Gasteiger partial charge in [0.2, 0.25) is 0 Å². The van der Waals surface area contributed by atoms with Crippen molar-refractivity contribution in [2.24, 2.45) is 11.8 Å². The lowest BCUT2D eigenvalue weighted by Gasteiger charge is -2.00. The molecular formula is C12H12BrNO3. The van der Waals surface area contributed by atoms with Crippen molar-refractivity contribution < 1.29 is 14.3 Å². The molecule has 2 unspecified atom stereocenters. The number of pyridine rings is 1. The summed E-state index contributed by atoms with van der Waals surface area (Å²) >= 11 is 3.25. The summed E-state index contributed by atoms with van der Waals surface area (Å²) < 4.78 is 5.71. The Labute approximate surface area is 108 Å². The van der Waals surface area contributed by atoms with Crippen LogP contribution < -0.4 is 0 Å². The van der Waals surface area contributed by atoms with Crippen LogP contribution in [0.1, 0.15) is 23.8 Å². The second-order valence-electron chi connectivity index (χ2n) is 3.93. The molecule has 0 saturated heterocycles. The van der Waals surface area contributed by atoms with Gasteiger partial charge < -0.3 is 4.74 Å². The first-order chi connectivity index (χ1) is 8.13. The number of esters is 1. The summed E-state index contributed by atoms with van der Waals surface area (Å²) in [7, 11) is 0. The third kappa shape index (κ3) is 2.72. The minimum Gasteiger partial charge on any atom is -0.466 e. The zero-order valence-corrected chi connectivity index (χ0v) is 10.9. The highest BCUT2D eigenvalue weighted by Gasteiger charge is 2.49. The van der Waals surface area contributed by atoms with Gasteiger partial charge in [0.05, 0.1) is 12.5 Å². The lowest BCUT2D eigenvalue weighted by Crippen LogP contribution is -2.12. The Morgan fingerprint density at radius 2 is 2.24 bits per heavy atom. The molecule has 1 heterocycles. The highest BCUT2D eigenvalue weighted by molar-refractivity contribution is 9.10. The van der Waals surface area contributed by atoms with E-state index in [1.807, 2.05) is 0 Å². The molecule has 0 amide bonds. The first kappa shape index (κ1) is 12.2. The summed E-state index contributed by atoms with van der Waals surface area (Å²) in [4.78, 5) is 27.4. The van der Waals surface area contributed by atoms with Crippen LogP contribution in [0.4, 0.5) is 0 Å². The van der Waals surface area contributed by atoms with E-state index in [0.717, 1.165) is 4.47 Å². The van der Waals surface area contributed by atoms with E-state index in [1.165, 1.54) is 0 Å². The number of ether oxygens (including phenoxy) is 1. The maximum Gasteiger partial charge on any atom is 0.309 e. The number of carbonyl (C=O) groups excluding carboxylic acids is 2. The van der Waals surface area contributed by atoms with Gasteiger partial charge in [-0.25, -0.2) is 0 Å². The van der Waals surface area contributed by atoms with E-state index in [1.54, 1.807) is 25.3 Å². The van der Waals surface area contributed by atoms with Crippen molar-refractivity contribution in [2.75, 3.05) is 6.61 Å². The van der Waals surface area contributed by atoms with Gasteiger partial charge in [0, 0.05) is 16.6 Å². The number of nitrogens with zero attached hydrogens (tertiary/aromatic N) is 1. The molecule has 1 fully saturated rings. The predicted molar refractivity (Wildman–Crippen MR) is 64.5 cm³/mol. The molecular weight excluding hydrogens is 286 g/mol. The van der Waals surface area contributed by atoms with Gasteiger partial charge in [-0.15, -0.1) is 0 Å². The van der Waals surface area contributed by atoms with Crippen molar-refractivity contribution >= 4 is 27.7 Å². The van der Waals surface area contributed by atoms with Crippen molar-refractivity contribution in [1.29, 1.82) is 0 Å². The fourth-order valence-corrected chi connectivity index (χ4v) is 1.94. The number of carbonyl (C=O) groups is 2. The van der Waals surface area contributed by atoms with Gasteiger partial charge in [0.1, 0.15) is 5.69 Å². The number of Topliss-reactive ketones (excluding diaryl/α,β-unsaturated/α-hetero) is 1. The largest absolute Gasteiger partial charge is 0.466 e. The van der Waals surface area contributed by atoms with Crippen LogP contribution in [0, 0.1) is 11.8 Å². The van der Waals surface area contributed by atoms with Crippen molar-refractivity contribution in [2.45, 2.75) is 13.3 Å². The molecule has 2 rings (SSSR count). The number of ketones is 1. The molecule has 1 aliphatic carbocycles. The van der Waals surface area contributed by atoms with E-state index < -0.39 is 0 Å². The smallest absolute Gasteiger partial charge is 0.309 e. The SMILES string of the molecule is CCOC(=O)C1CC1C(=O)c1ccc(Br)cn1. The maximum absolute atomic E-state index is 12.0. The van der Waals surface area contributed by atoms with E-state index in [9.17, 15) is 9.59 Å². The Bertz CT molecular complexity index is 444. The predicted octanol–water partition coefficient (Wildman–Crippen LogP) is 2.23. The monoisotopic (exact) mass is 297 g/mol. The number of halogens is 1. The minimum absolute atomic E-state index is 0.0736. The van der Waals surface area contributed by atoms with Gasteiger partial charge >= 0.3 is 5.97 Å². The fourth-order valence-electron chi connectivity index (χ4n) is 1.71. The van der Waals surface area contributed by atoms with Crippen molar-refractivity contribution in [3.05, 3.63) is 28.5 Å². The van der Waals surface area contributed by atoms with Gasteiger partial charge in [-0.3, -0.25) is 14.6 Å². The summed E-state index contributed by atoms with van der Waals surface area (Å²) in [6.45, 7) is 2.11. The molecule has 5 heteroatoms. The molecule has 0 radical (unpaired) electrons. The van der Waals surface area contributed by atoms with Crippen LogP contribution in [0.2, 0.25) is 0 Å². The van der Waals surface area contributed by atoms with Gasteiger partial charge in [0.25, 0.3) is 0 Å². The molecule has 0 bridgehead atoms. The molecule has 1 saturated carbocycles. The standard InChI is InChI=1S/C12H12BrNO3/c1-2-17-12(16)9-5-8(9)11(15)10-4-3-7(13)6-14-10/h3-4,6,8-9H,2,5H2,1H3. The number of hydrogen-bond donors (Lipinski definition) is 0. The summed E-state index contributed by atoms with van der Waals surface area (Å²) in [5.74, 6) is -0.867. The highest BCUT2D eigenvalue weighted by atomic mass is 79.9. The highest BCUT2D eigenvalue weighted by Crippen LogP contribution is 2.41. The first-order valence-corrected chi connectivity index (χ1v) is 6.25. The van der Waals surface area contributed by atoms with Crippen LogP contribution in [0.5, 0.6) is 0 Å². The average Bonchev–Trinajstić information content (AvgIpc) is 3.09. The van der Waals surface area contributed by atoms with Crippen LogP contribution >= 0.6 is 15.9 Å². The molecule has 0 aliphatic heterocycles. The fraction of sp³-hybridized carbons (Fsp3) is 0.417. The third-order valence-electron chi connectivity index (χ3n) is 2.70. The van der Waals surface area contributed by atoms with Crippen LogP contribution in [-0.4, -0.2) is 23.3 Å². The Kier molecular flexibility index (Phi) is 3.57. The normalized spacial score (nSPS) is 22.0. The minimum atomic E-state index is -0.275. The molecule has 1 aromatic rings. The first-order valence-electron chi connectivity index (χ1n) is 5.46. The maximum atomic E-state index is 12.0. The number of rotatable bonds is 4. The van der Waals surface area contributed by atoms with E-state index >= 15 is 0 Å². The Balaban J connectivity index is 1.99. The lowest BCUT2D eigenvalue weighted by atomic mass is 10.1. The number of aromatic nitrogens is 1. The van der Waals surface area contributed by atoms with E-state index in [4.69, 9.17) is 4.74 Å². The van der Waals surface area contributed by atoms with Crippen LogP contribution in [0.15, 0.2) is 22.8 Å². The molecule has 4 nitrogen and oxygen atoms in total. The molecule has 1 aromatic heterocycles. The summed E-state index contributed by atoms with van der Waals surface area (Å²) in [5, 5.41) is 0. The average molecular weight is 298 g/mol. The summed E-state index contributed by atoms with van der Waals surface area (Å²) in [6, 6.07) is 3.43. The molecule has 0 N–H and O–H groups in total. The van der Waals surface area contributed by atoms with Gasteiger partial charge in [-0.05, 0) is 41.4 Å². The zero-order valence-electron chi connectivity index (χ0n) is 9.35. The third-order valence-corrected chi connectivity index (χ3v) is 3.17. The Hall–Kier alpha value is -1.23. The lowest BCUT2D eigenvalue weighted by molar-refractivity contribution is -0.144. The Morgan fingerprint density at radius 3 is 2.82 bits per heavy atom. The van der Waals surface area contributed by atoms with E-state index in [2.05, 4.69) is 20.9 Å². The topological polar surface area (TPSA) is 56.3 Å². The molecule has 0 spiro atoms. The summed E-state index contributed by atoms with van der Waals surface area (Å²) in [6.07, 6.45) is 2.16. The number of hydrogen-bond acceptors (Lipinski definition) is 4. The van der Waals surface area contributed by atoms with Crippen LogP contribution in [0.3, 0.4) is 0 Å². The Morgan fingerprint density at radius 1 is 1.47 bits per heavy atom. The molecule has 90 valence electrons.